The summed E-state index contributed by atoms with van der Waals surface area (Å²) in [7, 11) is 1.37. The van der Waals surface area contributed by atoms with E-state index in [0.29, 0.717) is 5.69 Å². The third-order valence-corrected chi connectivity index (χ3v) is 1.68. The van der Waals surface area contributed by atoms with E-state index in [1.807, 2.05) is 13.8 Å². The van der Waals surface area contributed by atoms with Crippen molar-refractivity contribution < 1.29 is 9.53 Å². The lowest BCUT2D eigenvalue weighted by Crippen LogP contribution is -2.00. The molecule has 0 aliphatic rings. The fraction of sp³-hybridized carbons (Fsp3) is 0.375. The third kappa shape index (κ3) is 1.42. The molecule has 1 aromatic rings. The largest absolute Gasteiger partial charge is 0.464 e. The number of esters is 1. The summed E-state index contributed by atoms with van der Waals surface area (Å²) in [6, 6.07) is 1.78. The van der Waals surface area contributed by atoms with Gasteiger partial charge in [0, 0.05) is 5.69 Å². The molecule has 0 aliphatic heterocycles. The van der Waals surface area contributed by atoms with Crippen molar-refractivity contribution in [3.05, 3.63) is 23.0 Å². The first-order valence-corrected chi connectivity index (χ1v) is 3.39. The van der Waals surface area contributed by atoms with Gasteiger partial charge >= 0.3 is 5.97 Å². The van der Waals surface area contributed by atoms with Crippen molar-refractivity contribution in [2.24, 2.45) is 0 Å². The number of ether oxygens (including phenoxy) is 1. The Bertz CT molecular complexity index is 256. The predicted octanol–water partition coefficient (Wildman–Crippen LogP) is 1.42. The number of H-pyrrole nitrogens is 1. The first-order valence-electron chi connectivity index (χ1n) is 3.39. The molecule has 60 valence electrons. The summed E-state index contributed by atoms with van der Waals surface area (Å²) in [6.07, 6.45) is 0. The zero-order valence-electron chi connectivity index (χ0n) is 6.89. The van der Waals surface area contributed by atoms with Crippen LogP contribution in [0, 0.1) is 13.8 Å². The highest BCUT2D eigenvalue weighted by molar-refractivity contribution is 5.87. The summed E-state index contributed by atoms with van der Waals surface area (Å²) >= 11 is 0. The van der Waals surface area contributed by atoms with Crippen LogP contribution in [-0.4, -0.2) is 18.1 Å². The molecule has 3 nitrogen and oxygen atoms in total. The number of hydrogen-bond acceptors (Lipinski definition) is 2. The van der Waals surface area contributed by atoms with E-state index in [0.717, 1.165) is 11.3 Å². The van der Waals surface area contributed by atoms with E-state index in [9.17, 15) is 4.79 Å². The van der Waals surface area contributed by atoms with Crippen molar-refractivity contribution in [1.29, 1.82) is 0 Å². The van der Waals surface area contributed by atoms with Gasteiger partial charge in [-0.2, -0.15) is 0 Å². The van der Waals surface area contributed by atoms with E-state index in [2.05, 4.69) is 9.72 Å². The summed E-state index contributed by atoms with van der Waals surface area (Å²) in [6.45, 7) is 3.86. The topological polar surface area (TPSA) is 42.1 Å². The average molecular weight is 153 g/mol. The van der Waals surface area contributed by atoms with Gasteiger partial charge < -0.3 is 9.72 Å². The van der Waals surface area contributed by atoms with Crippen LogP contribution in [0.4, 0.5) is 0 Å². The molecule has 0 unspecified atom stereocenters. The van der Waals surface area contributed by atoms with Gasteiger partial charge in [0.15, 0.2) is 0 Å². The molecule has 3 heteroatoms. The maximum Gasteiger partial charge on any atom is 0.354 e. The van der Waals surface area contributed by atoms with Gasteiger partial charge in [0.25, 0.3) is 0 Å². The number of rotatable bonds is 1. The highest BCUT2D eigenvalue weighted by Gasteiger charge is 2.08. The lowest BCUT2D eigenvalue weighted by atomic mass is 10.3. The minimum absolute atomic E-state index is 0.318. The minimum atomic E-state index is -0.318. The molecule has 1 N–H and O–H groups in total. The van der Waals surface area contributed by atoms with Crippen molar-refractivity contribution in [2.75, 3.05) is 7.11 Å². The molecule has 11 heavy (non-hydrogen) atoms. The quantitative estimate of drug-likeness (QED) is 0.620. The molecule has 0 spiro atoms. The second kappa shape index (κ2) is 2.78. The van der Waals surface area contributed by atoms with Crippen molar-refractivity contribution in [3.63, 3.8) is 0 Å². The van der Waals surface area contributed by atoms with Crippen LogP contribution >= 0.6 is 0 Å². The van der Waals surface area contributed by atoms with Crippen LogP contribution in [0.2, 0.25) is 0 Å². The molecular formula is C8H11NO2. The Morgan fingerprint density at radius 1 is 1.55 bits per heavy atom. The molecule has 1 rings (SSSR count). The van der Waals surface area contributed by atoms with Gasteiger partial charge in [-0.15, -0.1) is 0 Å². The molecule has 1 aromatic heterocycles. The Hall–Kier alpha value is -1.25. The van der Waals surface area contributed by atoms with E-state index in [4.69, 9.17) is 0 Å². The smallest absolute Gasteiger partial charge is 0.354 e. The Balaban J connectivity index is 2.97. The standard InChI is InChI=1S/C8H11NO2/c1-5-4-7(8(10)11-3)9-6(5)2/h4,9H,1-3H3. The van der Waals surface area contributed by atoms with Crippen LogP contribution in [0.15, 0.2) is 6.07 Å². The van der Waals surface area contributed by atoms with E-state index < -0.39 is 0 Å². The predicted molar refractivity (Wildman–Crippen MR) is 41.6 cm³/mol. The molecule has 0 amide bonds. The number of hydrogen-bond donors (Lipinski definition) is 1. The Morgan fingerprint density at radius 2 is 2.18 bits per heavy atom. The first kappa shape index (κ1) is 7.85. The van der Waals surface area contributed by atoms with E-state index in [1.54, 1.807) is 6.07 Å². The van der Waals surface area contributed by atoms with Crippen molar-refractivity contribution >= 4 is 5.97 Å². The van der Waals surface area contributed by atoms with Crippen molar-refractivity contribution in [3.8, 4) is 0 Å². The number of aryl methyl sites for hydroxylation is 2. The summed E-state index contributed by atoms with van der Waals surface area (Å²) < 4.78 is 4.53. The van der Waals surface area contributed by atoms with Gasteiger partial charge in [0.1, 0.15) is 5.69 Å². The second-order valence-corrected chi connectivity index (χ2v) is 2.48. The molecule has 0 atom stereocenters. The number of aromatic nitrogens is 1. The molecule has 0 radical (unpaired) electrons. The van der Waals surface area contributed by atoms with Crippen LogP contribution in [0.5, 0.6) is 0 Å². The van der Waals surface area contributed by atoms with Crippen LogP contribution in [0.1, 0.15) is 21.7 Å². The van der Waals surface area contributed by atoms with Gasteiger partial charge in [-0.3, -0.25) is 0 Å². The number of carbonyl (C=O) groups excluding carboxylic acids is 1. The second-order valence-electron chi connectivity index (χ2n) is 2.48. The molecule has 0 saturated carbocycles. The highest BCUT2D eigenvalue weighted by atomic mass is 16.5. The average Bonchev–Trinajstić information content (AvgIpc) is 2.31. The Labute approximate surface area is 65.4 Å². The van der Waals surface area contributed by atoms with Gasteiger partial charge in [-0.25, -0.2) is 4.79 Å². The minimum Gasteiger partial charge on any atom is -0.464 e. The molecule has 0 bridgehead atoms. The molecule has 0 aromatic carbocycles. The van der Waals surface area contributed by atoms with E-state index >= 15 is 0 Å². The summed E-state index contributed by atoms with van der Waals surface area (Å²) in [5.41, 5.74) is 2.60. The molecule has 0 saturated heterocycles. The Kier molecular flexibility index (Phi) is 1.98. The van der Waals surface area contributed by atoms with Crippen molar-refractivity contribution in [2.45, 2.75) is 13.8 Å². The van der Waals surface area contributed by atoms with E-state index in [1.165, 1.54) is 7.11 Å². The molecule has 0 aliphatic carbocycles. The molecule has 1 heterocycles. The maximum atomic E-state index is 10.9. The SMILES string of the molecule is COC(=O)c1cc(C)c(C)[nH]1. The fourth-order valence-corrected chi connectivity index (χ4v) is 0.881. The van der Waals surface area contributed by atoms with Gasteiger partial charge in [0.05, 0.1) is 7.11 Å². The monoisotopic (exact) mass is 153 g/mol. The lowest BCUT2D eigenvalue weighted by molar-refractivity contribution is 0.0594. The first-order chi connectivity index (χ1) is 5.15. The summed E-state index contributed by atoms with van der Waals surface area (Å²) in [5, 5.41) is 0. The zero-order valence-corrected chi connectivity index (χ0v) is 6.89. The van der Waals surface area contributed by atoms with Crippen LogP contribution in [0.25, 0.3) is 0 Å². The number of aromatic amines is 1. The zero-order chi connectivity index (χ0) is 8.43. The number of methoxy groups -OCH3 is 1. The van der Waals surface area contributed by atoms with E-state index in [-0.39, 0.29) is 5.97 Å². The van der Waals surface area contributed by atoms with Gasteiger partial charge in [-0.05, 0) is 25.5 Å². The van der Waals surface area contributed by atoms with Crippen molar-refractivity contribution in [1.82, 2.24) is 4.98 Å². The van der Waals surface area contributed by atoms with Crippen LogP contribution in [0.3, 0.4) is 0 Å². The van der Waals surface area contributed by atoms with Gasteiger partial charge in [-0.1, -0.05) is 0 Å². The van der Waals surface area contributed by atoms with Gasteiger partial charge in [0.2, 0.25) is 0 Å². The number of nitrogens with one attached hydrogen (secondary N) is 1. The van der Waals surface area contributed by atoms with Crippen LogP contribution in [-0.2, 0) is 4.74 Å². The number of carbonyl (C=O) groups is 1. The summed E-state index contributed by atoms with van der Waals surface area (Å²) in [5.74, 6) is -0.318. The normalized spacial score (nSPS) is 9.73. The van der Waals surface area contributed by atoms with Crippen LogP contribution < -0.4 is 0 Å². The lowest BCUT2D eigenvalue weighted by Gasteiger charge is -1.92. The molecular weight excluding hydrogens is 142 g/mol. The highest BCUT2D eigenvalue weighted by Crippen LogP contribution is 2.08. The maximum absolute atomic E-state index is 10.9. The third-order valence-electron chi connectivity index (χ3n) is 1.68. The fourth-order valence-electron chi connectivity index (χ4n) is 0.881. The molecule has 0 fully saturated rings. The summed E-state index contributed by atoms with van der Waals surface area (Å²) in [4.78, 5) is 13.8. The Morgan fingerprint density at radius 3 is 2.55 bits per heavy atom.